The molecule has 0 bridgehead atoms. The Kier molecular flexibility index (Phi) is 29.1. The number of aromatic nitrogens is 8. The number of methoxy groups -OCH3 is 2. The summed E-state index contributed by atoms with van der Waals surface area (Å²) in [5.74, 6) is 0.0512. The molecule has 668 valence electrons. The van der Waals surface area contributed by atoms with Crippen LogP contribution in [0.15, 0.2) is 268 Å². The standard InChI is InChI=1S/C23H21ClN4O5S2.C22H18Cl2N4O4S2.C22H19ClN4O3S.C21H16Cl2N4O2S/c1-33-23-22(28(34(2,29)30)35(3,31)32)12-16(14-26-23)15-7-8-20-19(11-15)21(9-10-25-20)27-18-6-4-5-17(24)13-18;1-33(29,30)28(34(2,31)32)21-11-15(13-26-22(21)24)14-6-7-19-18(10-14)20(8-9-25-19)27-17-5-3-4-16(23)12-17;1-30-22-21(27-31(2,28)29)11-15(13-25-22)14-6-7-19-18(10-14)20(8-9-24-19)26-17-5-3-4-16(23)12-17;1-30(28,29)27-20-10-14(12-25-21(20)23)13-5-6-18-17(9-13)19(7-8-24-18)26-16-4-2-3-15(22)11-16/h4-14H,1-3H3,(H,25,27);3-13H,1-2H3,(H,25,27);3-13,27H,1-2H3,(H,24,26);2-12,27H,1H3,(H,24,26). The van der Waals surface area contributed by atoms with Gasteiger partial charge in [0.2, 0.25) is 71.9 Å². The molecule has 16 rings (SSSR count). The van der Waals surface area contributed by atoms with Crippen LogP contribution in [0.2, 0.25) is 30.4 Å². The van der Waals surface area contributed by atoms with Crippen molar-refractivity contribution in [3.8, 4) is 56.3 Å². The summed E-state index contributed by atoms with van der Waals surface area (Å²) in [5, 5.41) is 19.0. The quantitative estimate of drug-likeness (QED) is 0.0306. The molecule has 0 atom stereocenters. The highest BCUT2D eigenvalue weighted by Gasteiger charge is 2.33. The molecule has 130 heavy (non-hydrogen) atoms. The summed E-state index contributed by atoms with van der Waals surface area (Å²) < 4.78 is 161. The molecule has 0 spiro atoms. The highest BCUT2D eigenvalue weighted by molar-refractivity contribution is 8.10. The molecule has 0 aliphatic rings. The molecule has 0 unspecified atom stereocenters. The van der Waals surface area contributed by atoms with Gasteiger partial charge in [-0.1, -0.05) is 118 Å². The van der Waals surface area contributed by atoms with Gasteiger partial charge in [-0.3, -0.25) is 29.4 Å². The molecule has 0 fully saturated rings. The molecule has 0 amide bonds. The number of fused-ring (bicyclic) bond motifs is 4. The van der Waals surface area contributed by atoms with E-state index in [4.69, 9.17) is 79.1 Å². The van der Waals surface area contributed by atoms with Gasteiger partial charge in [0.1, 0.15) is 17.1 Å². The van der Waals surface area contributed by atoms with E-state index in [0.717, 1.165) is 138 Å². The Morgan fingerprint density at radius 3 is 0.854 bits per heavy atom. The highest BCUT2D eigenvalue weighted by atomic mass is 35.5. The van der Waals surface area contributed by atoms with Gasteiger partial charge in [0.05, 0.1) is 79.5 Å². The van der Waals surface area contributed by atoms with Gasteiger partial charge in [-0.05, 0) is 192 Å². The lowest BCUT2D eigenvalue weighted by atomic mass is 10.0. The summed E-state index contributed by atoms with van der Waals surface area (Å²) in [5.41, 5.74) is 15.0. The number of hydrogen-bond acceptors (Lipinski definition) is 26. The maximum Gasteiger partial charge on any atom is 0.245 e. The second-order valence-corrected chi connectivity index (χ2v) is 42.5. The van der Waals surface area contributed by atoms with Gasteiger partial charge in [-0.25, -0.2) is 70.4 Å². The minimum absolute atomic E-state index is 0.0787. The summed E-state index contributed by atoms with van der Waals surface area (Å²) in [4.78, 5) is 34.2. The number of nitrogens with one attached hydrogen (secondary N) is 6. The van der Waals surface area contributed by atoms with Crippen LogP contribution >= 0.6 is 69.6 Å². The Labute approximate surface area is 779 Å². The fraction of sp³-hybridized carbons (Fsp3) is 0.0909. The van der Waals surface area contributed by atoms with Crippen LogP contribution in [0.25, 0.3) is 88.1 Å². The summed E-state index contributed by atoms with van der Waals surface area (Å²) >= 11 is 36.5. The monoisotopic (exact) mass is 1980 g/mol. The van der Waals surface area contributed by atoms with Gasteiger partial charge >= 0.3 is 0 Å². The molecular formula is C88H74Cl6N16O14S6. The Hall–Kier alpha value is -12.6. The normalized spacial score (nSPS) is 11.7. The van der Waals surface area contributed by atoms with Crippen molar-refractivity contribution in [2.24, 2.45) is 0 Å². The first-order valence-electron chi connectivity index (χ1n) is 37.9. The van der Waals surface area contributed by atoms with Gasteiger partial charge in [0.15, 0.2) is 10.3 Å². The summed E-state index contributed by atoms with van der Waals surface area (Å²) in [6, 6.07) is 65.4. The fourth-order valence-corrected chi connectivity index (χ4v) is 21.6. The Morgan fingerprint density at radius 2 is 0.546 bits per heavy atom. The first kappa shape index (κ1) is 95.0. The Morgan fingerprint density at radius 1 is 0.269 bits per heavy atom. The predicted octanol–water partition coefficient (Wildman–Crippen LogP) is 20.3. The van der Waals surface area contributed by atoms with Crippen molar-refractivity contribution in [2.45, 2.75) is 0 Å². The van der Waals surface area contributed by atoms with Crippen molar-refractivity contribution in [3.05, 3.63) is 298 Å². The number of nitrogens with zero attached hydrogens (tertiary/aromatic N) is 10. The Bertz CT molecular complexity index is 7770. The third-order valence-electron chi connectivity index (χ3n) is 18.6. The maximum absolute atomic E-state index is 12.3. The zero-order valence-electron chi connectivity index (χ0n) is 69.3. The lowest BCUT2D eigenvalue weighted by Crippen LogP contribution is -2.35. The molecule has 8 aromatic carbocycles. The van der Waals surface area contributed by atoms with E-state index in [2.05, 4.69) is 70.6 Å². The van der Waals surface area contributed by atoms with E-state index in [0.29, 0.717) is 57.1 Å². The van der Waals surface area contributed by atoms with Crippen LogP contribution in [0.1, 0.15) is 0 Å². The largest absolute Gasteiger partial charge is 0.480 e. The Balaban J connectivity index is 0.000000148. The average Bonchev–Trinajstić information content (AvgIpc) is 0.770. The second-order valence-electron chi connectivity index (χ2n) is 28.7. The third-order valence-corrected chi connectivity index (χ3v) is 27.8. The van der Waals surface area contributed by atoms with Crippen LogP contribution < -0.4 is 47.6 Å². The fourth-order valence-electron chi connectivity index (χ4n) is 13.4. The minimum Gasteiger partial charge on any atom is -0.480 e. The van der Waals surface area contributed by atoms with Crippen LogP contribution in [0.5, 0.6) is 11.8 Å². The predicted molar refractivity (Wildman–Crippen MR) is 523 cm³/mol. The zero-order chi connectivity index (χ0) is 93.4. The number of benzene rings is 8. The van der Waals surface area contributed by atoms with Gasteiger partial charge in [0.25, 0.3) is 0 Å². The minimum atomic E-state index is -4.19. The molecule has 0 saturated carbocycles. The third kappa shape index (κ3) is 24.3. The number of hydrogen-bond donors (Lipinski definition) is 6. The molecule has 0 aliphatic carbocycles. The van der Waals surface area contributed by atoms with Crippen LogP contribution in [0.4, 0.5) is 68.2 Å². The molecule has 8 heterocycles. The summed E-state index contributed by atoms with van der Waals surface area (Å²) in [7, 11) is -21.0. The van der Waals surface area contributed by atoms with Crippen molar-refractivity contribution in [2.75, 3.05) is 89.9 Å². The first-order chi connectivity index (χ1) is 61.5. The van der Waals surface area contributed by atoms with Crippen LogP contribution in [-0.2, 0) is 60.1 Å². The highest BCUT2D eigenvalue weighted by Crippen LogP contribution is 2.41. The molecule has 0 radical (unpaired) electrons. The van der Waals surface area contributed by atoms with Crippen molar-refractivity contribution < 1.29 is 60.0 Å². The van der Waals surface area contributed by atoms with E-state index in [1.807, 2.05) is 152 Å². The maximum atomic E-state index is 12.3. The topological polar surface area (TPSA) is 405 Å². The van der Waals surface area contributed by atoms with Crippen molar-refractivity contribution in [1.82, 2.24) is 39.9 Å². The average molecular weight is 1980 g/mol. The van der Waals surface area contributed by atoms with Gasteiger partial charge in [-0.15, -0.1) is 0 Å². The van der Waals surface area contributed by atoms with Crippen molar-refractivity contribution >= 4 is 242 Å². The van der Waals surface area contributed by atoms with E-state index in [9.17, 15) is 50.5 Å². The van der Waals surface area contributed by atoms with Crippen LogP contribution in [0.3, 0.4) is 0 Å². The smallest absolute Gasteiger partial charge is 0.245 e. The first-order valence-corrected chi connectivity index (χ1v) is 51.4. The number of ether oxygens (including phenoxy) is 2. The van der Waals surface area contributed by atoms with E-state index < -0.39 is 60.1 Å². The molecule has 0 saturated heterocycles. The molecule has 30 nitrogen and oxygen atoms in total. The number of rotatable bonds is 24. The lowest BCUT2D eigenvalue weighted by Gasteiger charge is -2.22. The molecule has 16 aromatic rings. The summed E-state index contributed by atoms with van der Waals surface area (Å²) in [6.45, 7) is 0. The number of anilines is 12. The number of halogens is 6. The van der Waals surface area contributed by atoms with E-state index in [-0.39, 0.29) is 48.5 Å². The van der Waals surface area contributed by atoms with E-state index >= 15 is 0 Å². The number of pyridine rings is 8. The summed E-state index contributed by atoms with van der Waals surface area (Å²) in [6.07, 6.45) is 18.3. The molecule has 6 N–H and O–H groups in total. The van der Waals surface area contributed by atoms with Crippen molar-refractivity contribution in [3.63, 3.8) is 0 Å². The number of sulfonamides is 6. The molecule has 0 aliphatic heterocycles. The van der Waals surface area contributed by atoms with Crippen LogP contribution in [-0.4, -0.2) is 142 Å². The van der Waals surface area contributed by atoms with Crippen molar-refractivity contribution in [1.29, 1.82) is 0 Å². The lowest BCUT2D eigenvalue weighted by molar-refractivity contribution is 0.399. The van der Waals surface area contributed by atoms with Crippen LogP contribution in [0, 0.1) is 0 Å². The molecule has 42 heteroatoms. The van der Waals surface area contributed by atoms with E-state index in [1.54, 1.807) is 91.8 Å². The second kappa shape index (κ2) is 39.8. The van der Waals surface area contributed by atoms with E-state index in [1.165, 1.54) is 38.7 Å². The molecular weight excluding hydrogens is 1910 g/mol. The molecule has 8 aromatic heterocycles. The van der Waals surface area contributed by atoms with Gasteiger partial charge in [0, 0.05) is 159 Å². The van der Waals surface area contributed by atoms with Gasteiger partial charge in [-0.2, -0.15) is 7.42 Å². The zero-order valence-corrected chi connectivity index (χ0v) is 78.7. The SMILES string of the molecule is COc1ncc(-c2ccc3nccc(Nc4cccc(Cl)c4)c3c2)cc1N(S(C)(=O)=O)S(C)(=O)=O.COc1ncc(-c2ccc3nccc(Nc4cccc(Cl)c4)c3c2)cc1NS(C)(=O)=O.CS(=O)(=O)N(c1cc(-c2ccc3nccc(Nc4cccc(Cl)c4)c3c2)cnc1Cl)S(C)(=O)=O.CS(=O)(=O)Nc1cc(-c2ccc3nccc(Nc4cccc(Cl)c4)c3c2)cnc1Cl. The van der Waals surface area contributed by atoms with Gasteiger partial charge < -0.3 is 30.7 Å².